The van der Waals surface area contributed by atoms with Crippen LogP contribution in [0.1, 0.15) is 13.3 Å². The Bertz CT molecular complexity index is 842. The van der Waals surface area contributed by atoms with Gasteiger partial charge in [0.1, 0.15) is 11.5 Å². The third kappa shape index (κ3) is 3.94. The molecule has 2 aromatic carbocycles. The van der Waals surface area contributed by atoms with Crippen molar-refractivity contribution in [2.45, 2.75) is 18.2 Å². The Kier molecular flexibility index (Phi) is 4.32. The Morgan fingerprint density at radius 1 is 1.04 bits per heavy atom. The molecule has 2 atom stereocenters. The summed E-state index contributed by atoms with van der Waals surface area (Å²) in [5, 5.41) is 2.89. The molecule has 1 saturated carbocycles. The molecule has 2 aromatic rings. The van der Waals surface area contributed by atoms with Crippen molar-refractivity contribution in [1.82, 2.24) is 0 Å². The number of carbonyl (C=O) groups excluding carboxylic acids is 1. The van der Waals surface area contributed by atoms with Gasteiger partial charge in [-0.05, 0) is 60.9 Å². The van der Waals surface area contributed by atoms with E-state index in [0.29, 0.717) is 17.4 Å². The van der Waals surface area contributed by atoms with Gasteiger partial charge < -0.3 is 10.1 Å². The van der Waals surface area contributed by atoms with Crippen molar-refractivity contribution in [3.8, 4) is 11.5 Å². The zero-order chi connectivity index (χ0) is 17.3. The van der Waals surface area contributed by atoms with E-state index in [9.17, 15) is 13.2 Å². The number of anilines is 1. The molecule has 0 saturated heterocycles. The highest BCUT2D eigenvalue weighted by Crippen LogP contribution is 2.38. The lowest BCUT2D eigenvalue weighted by Gasteiger charge is -2.08. The third-order valence-electron chi connectivity index (χ3n) is 4.06. The monoisotopic (exact) mass is 345 g/mol. The van der Waals surface area contributed by atoms with Gasteiger partial charge in [-0.15, -0.1) is 0 Å². The predicted octanol–water partition coefficient (Wildman–Crippen LogP) is 3.48. The molecular formula is C18H19NO4S. The molecule has 0 spiro atoms. The molecule has 1 aliphatic carbocycles. The molecule has 0 radical (unpaired) electrons. The SMILES string of the molecule is CC1CC1C(=O)Nc1ccc(Oc2ccc(S(C)(=O)=O)cc2)cc1. The summed E-state index contributed by atoms with van der Waals surface area (Å²) in [5.74, 6) is 1.83. The average Bonchev–Trinajstić information content (AvgIpc) is 3.26. The molecule has 6 heteroatoms. The standard InChI is InChI=1S/C18H19NO4S/c1-12-11-17(12)18(20)19-13-3-5-14(6-4-13)23-15-7-9-16(10-8-15)24(2,21)22/h3-10,12,17H,11H2,1-2H3,(H,19,20). The molecular weight excluding hydrogens is 326 g/mol. The largest absolute Gasteiger partial charge is 0.457 e. The van der Waals surface area contributed by atoms with Crippen LogP contribution in [-0.2, 0) is 14.6 Å². The molecule has 1 fully saturated rings. The average molecular weight is 345 g/mol. The van der Waals surface area contributed by atoms with Crippen molar-refractivity contribution in [2.24, 2.45) is 11.8 Å². The number of benzene rings is 2. The summed E-state index contributed by atoms with van der Waals surface area (Å²) in [5.41, 5.74) is 0.735. The second kappa shape index (κ2) is 6.28. The normalized spacial score (nSPS) is 19.6. The van der Waals surface area contributed by atoms with Crippen LogP contribution in [0.3, 0.4) is 0 Å². The van der Waals surface area contributed by atoms with Crippen LogP contribution in [0, 0.1) is 11.8 Å². The summed E-state index contributed by atoms with van der Waals surface area (Å²) in [7, 11) is -3.21. The quantitative estimate of drug-likeness (QED) is 0.900. The van der Waals surface area contributed by atoms with Crippen molar-refractivity contribution in [2.75, 3.05) is 11.6 Å². The van der Waals surface area contributed by atoms with E-state index in [4.69, 9.17) is 4.74 Å². The van der Waals surface area contributed by atoms with Gasteiger partial charge in [-0.3, -0.25) is 4.79 Å². The van der Waals surface area contributed by atoms with Gasteiger partial charge in [0.2, 0.25) is 5.91 Å². The van der Waals surface area contributed by atoms with Crippen LogP contribution >= 0.6 is 0 Å². The molecule has 0 bridgehead atoms. The van der Waals surface area contributed by atoms with Crippen molar-refractivity contribution < 1.29 is 17.9 Å². The van der Waals surface area contributed by atoms with Crippen molar-refractivity contribution in [3.63, 3.8) is 0 Å². The third-order valence-corrected chi connectivity index (χ3v) is 5.18. The molecule has 1 amide bonds. The smallest absolute Gasteiger partial charge is 0.227 e. The van der Waals surface area contributed by atoms with E-state index >= 15 is 0 Å². The van der Waals surface area contributed by atoms with Crippen LogP contribution in [0.2, 0.25) is 0 Å². The maximum Gasteiger partial charge on any atom is 0.227 e. The van der Waals surface area contributed by atoms with E-state index in [1.165, 1.54) is 12.1 Å². The first-order valence-corrected chi connectivity index (χ1v) is 9.61. The first-order chi connectivity index (χ1) is 11.3. The molecule has 0 aromatic heterocycles. The van der Waals surface area contributed by atoms with E-state index in [1.54, 1.807) is 36.4 Å². The van der Waals surface area contributed by atoms with Crippen LogP contribution in [0.25, 0.3) is 0 Å². The number of ether oxygens (including phenoxy) is 1. The minimum absolute atomic E-state index is 0.0625. The molecule has 3 rings (SSSR count). The number of nitrogens with one attached hydrogen (secondary N) is 1. The molecule has 1 N–H and O–H groups in total. The topological polar surface area (TPSA) is 72.5 Å². The first-order valence-electron chi connectivity index (χ1n) is 7.72. The fourth-order valence-electron chi connectivity index (χ4n) is 2.42. The molecule has 5 nitrogen and oxygen atoms in total. The Hall–Kier alpha value is -2.34. The first kappa shape index (κ1) is 16.5. The Balaban J connectivity index is 1.62. The number of amides is 1. The summed E-state index contributed by atoms with van der Waals surface area (Å²) >= 11 is 0. The van der Waals surface area contributed by atoms with Gasteiger partial charge in [-0.1, -0.05) is 6.92 Å². The van der Waals surface area contributed by atoms with Gasteiger partial charge in [-0.25, -0.2) is 8.42 Å². The van der Waals surface area contributed by atoms with Crippen LogP contribution in [0.15, 0.2) is 53.4 Å². The van der Waals surface area contributed by atoms with Crippen LogP contribution < -0.4 is 10.1 Å². The molecule has 0 heterocycles. The lowest BCUT2D eigenvalue weighted by atomic mass is 10.2. The highest BCUT2D eigenvalue weighted by atomic mass is 32.2. The van der Waals surface area contributed by atoms with E-state index in [1.807, 2.05) is 0 Å². The summed E-state index contributed by atoms with van der Waals surface area (Å²) in [6, 6.07) is 13.3. The fraction of sp³-hybridized carbons (Fsp3) is 0.278. The summed E-state index contributed by atoms with van der Waals surface area (Å²) in [6.07, 6.45) is 2.12. The van der Waals surface area contributed by atoms with Gasteiger partial charge in [0, 0.05) is 17.9 Å². The number of rotatable bonds is 5. The van der Waals surface area contributed by atoms with E-state index in [-0.39, 0.29) is 16.7 Å². The maximum atomic E-state index is 11.9. The Morgan fingerprint density at radius 2 is 1.54 bits per heavy atom. The summed E-state index contributed by atoms with van der Waals surface area (Å²) < 4.78 is 28.5. The molecule has 0 aliphatic heterocycles. The number of sulfone groups is 1. The van der Waals surface area contributed by atoms with Gasteiger partial charge in [0.05, 0.1) is 4.90 Å². The Morgan fingerprint density at radius 3 is 2.00 bits per heavy atom. The minimum atomic E-state index is -3.21. The van der Waals surface area contributed by atoms with Gasteiger partial charge in [-0.2, -0.15) is 0 Å². The Labute approximate surface area is 141 Å². The van der Waals surface area contributed by atoms with Gasteiger partial charge in [0.15, 0.2) is 9.84 Å². The fourth-order valence-corrected chi connectivity index (χ4v) is 3.05. The van der Waals surface area contributed by atoms with Crippen molar-refractivity contribution in [3.05, 3.63) is 48.5 Å². The van der Waals surface area contributed by atoms with Crippen molar-refractivity contribution in [1.29, 1.82) is 0 Å². The van der Waals surface area contributed by atoms with Gasteiger partial charge >= 0.3 is 0 Å². The lowest BCUT2D eigenvalue weighted by molar-refractivity contribution is -0.117. The van der Waals surface area contributed by atoms with E-state index in [2.05, 4.69) is 12.2 Å². The highest BCUT2D eigenvalue weighted by molar-refractivity contribution is 7.90. The van der Waals surface area contributed by atoms with Crippen LogP contribution in [-0.4, -0.2) is 20.6 Å². The number of hydrogen-bond acceptors (Lipinski definition) is 4. The molecule has 1 aliphatic rings. The second-order valence-electron chi connectivity index (χ2n) is 6.18. The zero-order valence-corrected chi connectivity index (χ0v) is 14.3. The van der Waals surface area contributed by atoms with Crippen LogP contribution in [0.5, 0.6) is 11.5 Å². The highest BCUT2D eigenvalue weighted by Gasteiger charge is 2.38. The minimum Gasteiger partial charge on any atom is -0.457 e. The van der Waals surface area contributed by atoms with Crippen LogP contribution in [0.4, 0.5) is 5.69 Å². The lowest BCUT2D eigenvalue weighted by Crippen LogP contribution is -2.14. The predicted molar refractivity (Wildman–Crippen MR) is 92.0 cm³/mol. The summed E-state index contributed by atoms with van der Waals surface area (Å²) in [4.78, 5) is 12.1. The van der Waals surface area contributed by atoms with E-state index in [0.717, 1.165) is 18.4 Å². The summed E-state index contributed by atoms with van der Waals surface area (Å²) in [6.45, 7) is 2.07. The van der Waals surface area contributed by atoms with E-state index < -0.39 is 9.84 Å². The second-order valence-corrected chi connectivity index (χ2v) is 8.19. The maximum absolute atomic E-state index is 11.9. The molecule has 24 heavy (non-hydrogen) atoms. The van der Waals surface area contributed by atoms with Crippen molar-refractivity contribution >= 4 is 21.4 Å². The molecule has 126 valence electrons. The molecule has 2 unspecified atom stereocenters. The zero-order valence-electron chi connectivity index (χ0n) is 13.5. The van der Waals surface area contributed by atoms with Gasteiger partial charge in [0.25, 0.3) is 0 Å². The number of hydrogen-bond donors (Lipinski definition) is 1. The number of carbonyl (C=O) groups is 1.